The third kappa shape index (κ3) is 8.44. The van der Waals surface area contributed by atoms with Crippen LogP contribution < -0.4 is 21.0 Å². The van der Waals surface area contributed by atoms with Gasteiger partial charge < -0.3 is 15.5 Å². The topological polar surface area (TPSA) is 89.0 Å². The molecule has 0 bridgehead atoms. The highest BCUT2D eigenvalue weighted by Gasteiger charge is 2.18. The molecule has 0 unspecified atom stereocenters. The Bertz CT molecular complexity index is 1270. The molecular formula is C28H32BrClFN5O2. The van der Waals surface area contributed by atoms with Gasteiger partial charge in [-0.2, -0.15) is 0 Å². The van der Waals surface area contributed by atoms with Crippen molar-refractivity contribution < 1.29 is 14.4 Å². The largest absolute Gasteiger partial charge is 0.369 e. The van der Waals surface area contributed by atoms with Crippen LogP contribution in [0.3, 0.4) is 0 Å². The highest BCUT2D eigenvalue weighted by Crippen LogP contribution is 2.30. The van der Waals surface area contributed by atoms with Gasteiger partial charge >= 0.3 is 6.03 Å². The molecule has 0 saturated heterocycles. The van der Waals surface area contributed by atoms with Crippen LogP contribution in [0.2, 0.25) is 5.02 Å². The predicted octanol–water partition coefficient (Wildman–Crippen LogP) is 8.06. The lowest BCUT2D eigenvalue weighted by atomic mass is 10.1. The maximum atomic E-state index is 13.7. The summed E-state index contributed by atoms with van der Waals surface area (Å²) in [6.45, 7) is 10.1. The van der Waals surface area contributed by atoms with Gasteiger partial charge in [-0.15, -0.1) is 0 Å². The number of urea groups is 1. The van der Waals surface area contributed by atoms with Crippen LogP contribution in [0.1, 0.15) is 33.3 Å². The van der Waals surface area contributed by atoms with Gasteiger partial charge in [-0.3, -0.25) is 10.7 Å². The van der Waals surface area contributed by atoms with E-state index in [1.807, 2.05) is 12.1 Å². The first kappa shape index (κ1) is 29.4. The number of benzene rings is 3. The highest BCUT2D eigenvalue weighted by molar-refractivity contribution is 9.10. The summed E-state index contributed by atoms with van der Waals surface area (Å²) in [5.74, 6) is 0.491. The van der Waals surface area contributed by atoms with Gasteiger partial charge in [0, 0.05) is 29.4 Å². The Balaban J connectivity index is 2.02. The van der Waals surface area contributed by atoms with Gasteiger partial charge in [0.15, 0.2) is 5.84 Å². The van der Waals surface area contributed by atoms with Crippen molar-refractivity contribution in [3.05, 3.63) is 81.5 Å². The third-order valence-electron chi connectivity index (χ3n) is 5.38. The van der Waals surface area contributed by atoms with E-state index < -0.39 is 11.8 Å². The molecule has 0 heterocycles. The molecule has 38 heavy (non-hydrogen) atoms. The van der Waals surface area contributed by atoms with E-state index in [2.05, 4.69) is 69.6 Å². The standard InChI is InChI=1S/C28H32BrClFN5O2/c1-17(2)15-36(16-18(3)4)26-12-5-19(27(35-38)32-22-10-11-24(31)23(29)14-22)13-25(26)34-28(37)33-21-8-6-20(30)7-9-21/h5-14,17-18,38H,15-16H2,1-4H3,(H,32,35)(H2,33,34,37). The summed E-state index contributed by atoms with van der Waals surface area (Å²) in [6, 6.07) is 16.1. The smallest absolute Gasteiger partial charge is 0.323 e. The Morgan fingerprint density at radius 3 is 2.24 bits per heavy atom. The summed E-state index contributed by atoms with van der Waals surface area (Å²) in [7, 11) is 0. The van der Waals surface area contributed by atoms with Crippen molar-refractivity contribution >= 4 is 62.1 Å². The Morgan fingerprint density at radius 2 is 1.66 bits per heavy atom. The van der Waals surface area contributed by atoms with Gasteiger partial charge in [0.1, 0.15) is 5.82 Å². The molecule has 3 aromatic carbocycles. The molecule has 0 atom stereocenters. The minimum Gasteiger partial charge on any atom is -0.369 e. The number of anilines is 3. The summed E-state index contributed by atoms with van der Waals surface area (Å²) < 4.78 is 13.9. The first-order valence-electron chi connectivity index (χ1n) is 12.2. The van der Waals surface area contributed by atoms with E-state index in [0.717, 1.165) is 18.8 Å². The number of aliphatic imine (C=N–C) groups is 1. The van der Waals surface area contributed by atoms with E-state index in [0.29, 0.717) is 39.5 Å². The second-order valence-corrected chi connectivity index (χ2v) is 11.0. The van der Waals surface area contributed by atoms with Gasteiger partial charge in [0.05, 0.1) is 21.5 Å². The first-order chi connectivity index (χ1) is 18.0. The van der Waals surface area contributed by atoms with E-state index in [9.17, 15) is 14.4 Å². The molecule has 0 radical (unpaired) electrons. The second-order valence-electron chi connectivity index (χ2n) is 9.68. The van der Waals surface area contributed by atoms with E-state index in [4.69, 9.17) is 11.6 Å². The van der Waals surface area contributed by atoms with Crippen molar-refractivity contribution in [3.63, 3.8) is 0 Å². The molecule has 10 heteroatoms. The number of hydrogen-bond donors (Lipinski definition) is 4. The molecule has 202 valence electrons. The zero-order valence-electron chi connectivity index (χ0n) is 21.7. The maximum Gasteiger partial charge on any atom is 0.323 e. The average molecular weight is 605 g/mol. The maximum absolute atomic E-state index is 13.7. The lowest BCUT2D eigenvalue weighted by molar-refractivity contribution is 0.235. The van der Waals surface area contributed by atoms with Crippen LogP contribution in [-0.2, 0) is 0 Å². The third-order valence-corrected chi connectivity index (χ3v) is 6.24. The van der Waals surface area contributed by atoms with E-state index >= 15 is 0 Å². The molecule has 0 aliphatic rings. The highest BCUT2D eigenvalue weighted by atomic mass is 79.9. The van der Waals surface area contributed by atoms with Gasteiger partial charge in [-0.1, -0.05) is 39.3 Å². The van der Waals surface area contributed by atoms with Crippen molar-refractivity contribution in [1.82, 2.24) is 5.48 Å². The Hall–Kier alpha value is -3.14. The molecule has 4 N–H and O–H groups in total. The summed E-state index contributed by atoms with van der Waals surface area (Å²) in [4.78, 5) is 19.6. The monoisotopic (exact) mass is 603 g/mol. The molecule has 0 fully saturated rings. The van der Waals surface area contributed by atoms with Crippen LogP contribution in [0.5, 0.6) is 0 Å². The summed E-state index contributed by atoms with van der Waals surface area (Å²) >= 11 is 9.11. The van der Waals surface area contributed by atoms with Gasteiger partial charge in [0.25, 0.3) is 0 Å². The van der Waals surface area contributed by atoms with Crippen molar-refractivity contribution in [1.29, 1.82) is 0 Å². The zero-order chi connectivity index (χ0) is 27.8. The van der Waals surface area contributed by atoms with Crippen molar-refractivity contribution in [2.45, 2.75) is 27.7 Å². The lowest BCUT2D eigenvalue weighted by Gasteiger charge is -2.30. The molecule has 0 saturated carbocycles. The number of hydroxylamine groups is 1. The zero-order valence-corrected chi connectivity index (χ0v) is 24.1. The molecule has 0 aliphatic carbocycles. The van der Waals surface area contributed by atoms with Crippen LogP contribution in [0.4, 0.5) is 31.9 Å². The van der Waals surface area contributed by atoms with Crippen molar-refractivity contribution in [3.8, 4) is 0 Å². The number of nitrogens with one attached hydrogen (secondary N) is 3. The number of amidine groups is 1. The minimum atomic E-state index is -0.433. The molecule has 3 aromatic rings. The van der Waals surface area contributed by atoms with Crippen molar-refractivity contribution in [2.75, 3.05) is 28.6 Å². The summed E-state index contributed by atoms with van der Waals surface area (Å²) in [5.41, 5.74) is 5.04. The number of rotatable bonds is 9. The van der Waals surface area contributed by atoms with Gasteiger partial charge in [-0.05, 0) is 88.4 Å². The van der Waals surface area contributed by atoms with Crippen LogP contribution in [0, 0.1) is 17.7 Å². The van der Waals surface area contributed by atoms with E-state index in [-0.39, 0.29) is 10.3 Å². The van der Waals surface area contributed by atoms with E-state index in [1.165, 1.54) is 18.2 Å². The number of carbonyl (C=O) groups excluding carboxylic acids is 1. The number of halogens is 3. The van der Waals surface area contributed by atoms with Gasteiger partial charge in [0.2, 0.25) is 0 Å². The number of hydrogen-bond acceptors (Lipinski definition) is 4. The molecule has 0 spiro atoms. The number of nitrogens with zero attached hydrogens (tertiary/aromatic N) is 2. The fourth-order valence-electron chi connectivity index (χ4n) is 3.87. The lowest BCUT2D eigenvalue weighted by Crippen LogP contribution is -2.33. The van der Waals surface area contributed by atoms with Crippen LogP contribution >= 0.6 is 27.5 Å². The molecule has 3 rings (SSSR count). The average Bonchev–Trinajstić information content (AvgIpc) is 2.85. The number of carbonyl (C=O) groups is 1. The Kier molecular flexibility index (Phi) is 10.5. The molecular weight excluding hydrogens is 573 g/mol. The first-order valence-corrected chi connectivity index (χ1v) is 13.4. The fraction of sp³-hybridized carbons (Fsp3) is 0.286. The summed E-state index contributed by atoms with van der Waals surface area (Å²) in [5, 5.41) is 16.2. The van der Waals surface area contributed by atoms with Crippen LogP contribution in [-0.4, -0.2) is 30.2 Å². The van der Waals surface area contributed by atoms with Crippen molar-refractivity contribution in [2.24, 2.45) is 16.8 Å². The minimum absolute atomic E-state index is 0.135. The normalized spacial score (nSPS) is 11.6. The molecule has 0 aliphatic heterocycles. The molecule has 7 nitrogen and oxygen atoms in total. The number of amides is 2. The quantitative estimate of drug-likeness (QED) is 0.113. The van der Waals surface area contributed by atoms with Crippen LogP contribution in [0.25, 0.3) is 0 Å². The van der Waals surface area contributed by atoms with Crippen LogP contribution in [0.15, 0.2) is 70.1 Å². The Labute approximate surface area is 236 Å². The predicted molar refractivity (Wildman–Crippen MR) is 158 cm³/mol. The summed E-state index contributed by atoms with van der Waals surface area (Å²) in [6.07, 6.45) is 0. The fourth-order valence-corrected chi connectivity index (χ4v) is 4.36. The second kappa shape index (κ2) is 13.6. The van der Waals surface area contributed by atoms with Gasteiger partial charge in [-0.25, -0.2) is 14.2 Å². The SMILES string of the molecule is CC(C)CN(CC(C)C)c1ccc(C(=Nc2ccc(F)c(Br)c2)NO)cc1NC(=O)Nc1ccc(Cl)cc1. The van der Waals surface area contributed by atoms with E-state index in [1.54, 1.807) is 30.3 Å². The molecule has 2 amide bonds. The Morgan fingerprint density at radius 1 is 1.00 bits per heavy atom. The molecule has 0 aromatic heterocycles.